The van der Waals surface area contributed by atoms with Crippen molar-refractivity contribution in [2.45, 2.75) is 45.1 Å². The molecule has 3 rings (SSSR count). The third-order valence-corrected chi connectivity index (χ3v) is 4.24. The van der Waals surface area contributed by atoms with Gasteiger partial charge in [0.15, 0.2) is 0 Å². The molecule has 1 amide bonds. The molecule has 1 heterocycles. The van der Waals surface area contributed by atoms with Crippen molar-refractivity contribution in [2.75, 3.05) is 0 Å². The van der Waals surface area contributed by atoms with Crippen LogP contribution < -0.4 is 5.32 Å². The van der Waals surface area contributed by atoms with Crippen molar-refractivity contribution in [3.8, 4) is 0 Å². The van der Waals surface area contributed by atoms with Crippen LogP contribution in [-0.2, 0) is 4.79 Å². The third-order valence-electron chi connectivity index (χ3n) is 4.24. The van der Waals surface area contributed by atoms with Gasteiger partial charge in [-0.3, -0.25) is 4.79 Å². The number of aromatic nitrogens is 1. The summed E-state index contributed by atoms with van der Waals surface area (Å²) in [6, 6.07) is 12.8. The van der Waals surface area contributed by atoms with Crippen molar-refractivity contribution in [2.24, 2.45) is 5.92 Å². The summed E-state index contributed by atoms with van der Waals surface area (Å²) in [4.78, 5) is 16.4. The van der Waals surface area contributed by atoms with Gasteiger partial charge in [0.25, 0.3) is 0 Å². The lowest BCUT2D eigenvalue weighted by Gasteiger charge is -2.20. The van der Waals surface area contributed by atoms with Crippen molar-refractivity contribution in [1.29, 1.82) is 0 Å². The number of benzene rings is 1. The lowest BCUT2D eigenvalue weighted by atomic mass is 10.0. The number of pyridine rings is 1. The Bertz CT molecular complexity index is 717. The fourth-order valence-corrected chi connectivity index (χ4v) is 2.88. The number of carbonyl (C=O) groups is 1. The number of hydrogen-bond donors (Lipinski definition) is 1. The summed E-state index contributed by atoms with van der Waals surface area (Å²) in [7, 11) is 0. The van der Waals surface area contributed by atoms with Crippen molar-refractivity contribution in [3.63, 3.8) is 0 Å². The second kappa shape index (κ2) is 7.12. The summed E-state index contributed by atoms with van der Waals surface area (Å²) in [5.74, 6) is 0.127. The van der Waals surface area contributed by atoms with E-state index in [0.717, 1.165) is 18.4 Å². The molecule has 0 spiro atoms. The van der Waals surface area contributed by atoms with Gasteiger partial charge in [-0.2, -0.15) is 4.39 Å². The molecule has 1 fully saturated rings. The van der Waals surface area contributed by atoms with Crippen LogP contribution in [-0.4, -0.2) is 10.9 Å². The highest BCUT2D eigenvalue weighted by Gasteiger charge is 2.28. The average molecular weight is 328 g/mol. The number of hydrogen-bond acceptors (Lipinski definition) is 2. The van der Waals surface area contributed by atoms with E-state index in [2.05, 4.69) is 10.3 Å². The highest BCUT2D eigenvalue weighted by Crippen LogP contribution is 2.41. The van der Waals surface area contributed by atoms with Gasteiger partial charge in [-0.15, -0.1) is 0 Å². The Morgan fingerprint density at radius 2 is 1.96 bits per heavy atom. The predicted octanol–water partition coefficient (Wildman–Crippen LogP) is 4.60. The molecule has 0 radical (unpaired) electrons. The van der Waals surface area contributed by atoms with Crippen molar-refractivity contribution in [3.05, 3.63) is 65.2 Å². The van der Waals surface area contributed by atoms with Crippen LogP contribution in [0.15, 0.2) is 42.5 Å². The lowest BCUT2D eigenvalue weighted by molar-refractivity contribution is -0.122. The maximum absolute atomic E-state index is 14.3. The topological polar surface area (TPSA) is 42.0 Å². The summed E-state index contributed by atoms with van der Waals surface area (Å²) >= 11 is 0. The zero-order valence-electron chi connectivity index (χ0n) is 14.1. The minimum Gasteiger partial charge on any atom is -0.344 e. The minimum absolute atomic E-state index is 0. The second-order valence-electron chi connectivity index (χ2n) is 6.90. The van der Waals surface area contributed by atoms with E-state index in [1.54, 1.807) is 0 Å². The van der Waals surface area contributed by atoms with Crippen molar-refractivity contribution >= 4 is 5.91 Å². The molecule has 128 valence electrons. The first-order chi connectivity index (χ1) is 11.5. The highest BCUT2D eigenvalue weighted by atomic mass is 19.1. The van der Waals surface area contributed by atoms with Crippen LogP contribution in [0.25, 0.3) is 0 Å². The molecular formula is C20H25FN2O. The third kappa shape index (κ3) is 3.99. The van der Waals surface area contributed by atoms with E-state index in [4.69, 9.17) is 0 Å². The fraction of sp³-hybridized carbons (Fsp3) is 0.400. The van der Waals surface area contributed by atoms with Gasteiger partial charge >= 0.3 is 0 Å². The molecule has 0 bridgehead atoms. The quantitative estimate of drug-likeness (QED) is 0.788. The molecule has 1 unspecified atom stereocenters. The summed E-state index contributed by atoms with van der Waals surface area (Å²) in [6.45, 7) is 4.00. The van der Waals surface area contributed by atoms with Gasteiger partial charge < -0.3 is 5.32 Å². The largest absolute Gasteiger partial charge is 0.344 e. The van der Waals surface area contributed by atoms with Gasteiger partial charge in [0.1, 0.15) is 0 Å². The molecule has 1 aliphatic rings. The highest BCUT2D eigenvalue weighted by molar-refractivity contribution is 5.77. The first-order valence-corrected chi connectivity index (χ1v) is 8.55. The van der Waals surface area contributed by atoms with E-state index >= 15 is 0 Å². The summed E-state index contributed by atoms with van der Waals surface area (Å²) in [6.07, 6.45) is 2.50. The van der Waals surface area contributed by atoms with E-state index in [-0.39, 0.29) is 13.3 Å². The maximum Gasteiger partial charge on any atom is 0.221 e. The van der Waals surface area contributed by atoms with E-state index in [0.29, 0.717) is 23.6 Å². The number of rotatable bonds is 6. The van der Waals surface area contributed by atoms with Crippen LogP contribution in [0.3, 0.4) is 0 Å². The fourth-order valence-electron chi connectivity index (χ4n) is 2.88. The van der Waals surface area contributed by atoms with Crippen molar-refractivity contribution in [1.82, 2.24) is 10.3 Å². The molecule has 0 aliphatic heterocycles. The molecule has 1 aromatic heterocycles. The van der Waals surface area contributed by atoms with Crippen LogP contribution >= 0.6 is 0 Å². The van der Waals surface area contributed by atoms with Gasteiger partial charge in [-0.25, -0.2) is 4.98 Å². The summed E-state index contributed by atoms with van der Waals surface area (Å²) in [5, 5.41) is 3.00. The van der Waals surface area contributed by atoms with Crippen LogP contribution in [0, 0.1) is 11.9 Å². The summed E-state index contributed by atoms with van der Waals surface area (Å²) in [5.41, 5.74) is 2.14. The van der Waals surface area contributed by atoms with Gasteiger partial charge in [0.2, 0.25) is 11.9 Å². The van der Waals surface area contributed by atoms with Crippen LogP contribution in [0.1, 0.15) is 63.3 Å². The van der Waals surface area contributed by atoms with Gasteiger partial charge in [-0.05, 0) is 36.3 Å². The summed E-state index contributed by atoms with van der Waals surface area (Å²) < 4.78 is 14.3. The molecule has 0 saturated heterocycles. The standard InChI is InChI=1S/C20H23FN2O.H2/c1-13(2)12-18(24)23-19(15-6-4-3-5-7-15)17-11-10-16(14-8-9-14)20(21)22-17;/h3-7,10-11,13-14,19H,8-9,12H2,1-2H3,(H,23,24);1H. The normalized spacial score (nSPS) is 15.3. The molecule has 1 aliphatic carbocycles. The average Bonchev–Trinajstić information content (AvgIpc) is 3.37. The number of nitrogens with zero attached hydrogens (tertiary/aromatic N) is 1. The molecule has 24 heavy (non-hydrogen) atoms. The maximum atomic E-state index is 14.3. The smallest absolute Gasteiger partial charge is 0.221 e. The molecule has 1 N–H and O–H groups in total. The number of carbonyl (C=O) groups excluding carboxylic acids is 1. The SMILES string of the molecule is CC(C)CC(=O)NC(c1ccccc1)c1ccc(C2CC2)c(F)n1.[HH]. The molecule has 4 heteroatoms. The second-order valence-corrected chi connectivity index (χ2v) is 6.90. The number of nitrogens with one attached hydrogen (secondary N) is 1. The van der Waals surface area contributed by atoms with E-state index < -0.39 is 12.0 Å². The van der Waals surface area contributed by atoms with Gasteiger partial charge in [-0.1, -0.05) is 50.2 Å². The van der Waals surface area contributed by atoms with Crippen LogP contribution in [0.4, 0.5) is 4.39 Å². The Morgan fingerprint density at radius 1 is 1.25 bits per heavy atom. The van der Waals surface area contributed by atoms with Crippen LogP contribution in [0.5, 0.6) is 0 Å². The zero-order chi connectivity index (χ0) is 17.1. The molecule has 1 atom stereocenters. The first-order valence-electron chi connectivity index (χ1n) is 8.55. The lowest BCUT2D eigenvalue weighted by Crippen LogP contribution is -2.30. The Labute approximate surface area is 143 Å². The Balaban J connectivity index is 0.00000225. The van der Waals surface area contributed by atoms with Gasteiger partial charge in [0.05, 0.1) is 11.7 Å². The predicted molar refractivity (Wildman–Crippen MR) is 94.2 cm³/mol. The molecular weight excluding hydrogens is 303 g/mol. The van der Waals surface area contributed by atoms with E-state index in [9.17, 15) is 9.18 Å². The Morgan fingerprint density at radius 3 is 2.54 bits per heavy atom. The van der Waals surface area contributed by atoms with Crippen LogP contribution in [0.2, 0.25) is 0 Å². The first kappa shape index (κ1) is 16.6. The number of halogens is 1. The number of amides is 1. The monoisotopic (exact) mass is 328 g/mol. The molecule has 1 aromatic carbocycles. The minimum atomic E-state index is -0.430. The Kier molecular flexibility index (Phi) is 4.93. The zero-order valence-corrected chi connectivity index (χ0v) is 14.1. The molecule has 2 aromatic rings. The van der Waals surface area contributed by atoms with Crippen molar-refractivity contribution < 1.29 is 10.6 Å². The van der Waals surface area contributed by atoms with Gasteiger partial charge in [0, 0.05) is 13.4 Å². The molecule has 1 saturated carbocycles. The van der Waals surface area contributed by atoms with E-state index in [1.165, 1.54) is 0 Å². The van der Waals surface area contributed by atoms with E-state index in [1.807, 2.05) is 56.3 Å². The molecule has 3 nitrogen and oxygen atoms in total. The Hall–Kier alpha value is -2.23.